The predicted octanol–water partition coefficient (Wildman–Crippen LogP) is 3.13. The van der Waals surface area contributed by atoms with E-state index in [0.29, 0.717) is 6.54 Å². The summed E-state index contributed by atoms with van der Waals surface area (Å²) in [7, 11) is 0. The fourth-order valence-corrected chi connectivity index (χ4v) is 3.28. The minimum absolute atomic E-state index is 0.0298. The van der Waals surface area contributed by atoms with Crippen LogP contribution in [0.25, 0.3) is 0 Å². The molecule has 2 atom stereocenters. The summed E-state index contributed by atoms with van der Waals surface area (Å²) >= 11 is 1.54. The molecule has 5 nitrogen and oxygen atoms in total. The van der Waals surface area contributed by atoms with Gasteiger partial charge >= 0.3 is 12.0 Å². The molecule has 0 saturated carbocycles. The van der Waals surface area contributed by atoms with Crippen LogP contribution < -0.4 is 5.32 Å². The summed E-state index contributed by atoms with van der Waals surface area (Å²) in [6.07, 6.45) is 3.61. The highest BCUT2D eigenvalue weighted by atomic mass is 32.2. The Balaban J connectivity index is 2.16. The third kappa shape index (κ3) is 3.50. The molecule has 1 heterocycles. The maximum atomic E-state index is 12.4. The molecule has 2 rings (SSSR count). The summed E-state index contributed by atoms with van der Waals surface area (Å²) in [4.78, 5) is 26.3. The van der Waals surface area contributed by atoms with E-state index in [1.165, 1.54) is 4.90 Å². The normalized spacial score (nSPS) is 21.9. The Bertz CT molecular complexity index is 535. The zero-order valence-electron chi connectivity index (χ0n) is 12.2. The number of para-hydroxylation sites is 1. The van der Waals surface area contributed by atoms with Crippen LogP contribution in [0, 0.1) is 5.92 Å². The Hall–Kier alpha value is -1.69. The lowest BCUT2D eigenvalue weighted by Crippen LogP contribution is -2.53. The number of carbonyl (C=O) groups excluding carboxylic acids is 1. The molecule has 1 aliphatic rings. The summed E-state index contributed by atoms with van der Waals surface area (Å²) in [5, 5.41) is 12.2. The largest absolute Gasteiger partial charge is 0.480 e. The molecular formula is C15H20N2O3S. The van der Waals surface area contributed by atoms with Gasteiger partial charge < -0.3 is 15.3 Å². The number of nitrogens with one attached hydrogen (secondary N) is 1. The monoisotopic (exact) mass is 308 g/mol. The number of hydrogen-bond donors (Lipinski definition) is 2. The number of thioether (sulfide) groups is 1. The van der Waals surface area contributed by atoms with Crippen LogP contribution in [0.5, 0.6) is 0 Å². The van der Waals surface area contributed by atoms with Gasteiger partial charge in [-0.15, -0.1) is 11.8 Å². The van der Waals surface area contributed by atoms with E-state index in [9.17, 15) is 14.7 Å². The minimum Gasteiger partial charge on any atom is -0.480 e. The van der Waals surface area contributed by atoms with E-state index >= 15 is 0 Å². The number of carboxylic acid groups (broad SMARTS) is 1. The number of rotatable bonds is 3. The van der Waals surface area contributed by atoms with Gasteiger partial charge in [0.15, 0.2) is 0 Å². The zero-order chi connectivity index (χ0) is 15.4. The van der Waals surface area contributed by atoms with Crippen molar-refractivity contribution >= 4 is 29.4 Å². The van der Waals surface area contributed by atoms with E-state index in [4.69, 9.17) is 0 Å². The molecule has 2 amide bonds. The maximum Gasteiger partial charge on any atom is 0.326 e. The lowest BCUT2D eigenvalue weighted by atomic mass is 9.91. The molecule has 21 heavy (non-hydrogen) atoms. The first-order chi connectivity index (χ1) is 10.0. The molecule has 2 N–H and O–H groups in total. The molecule has 1 fully saturated rings. The van der Waals surface area contributed by atoms with Crippen LogP contribution in [0.2, 0.25) is 0 Å². The third-order valence-corrected chi connectivity index (χ3v) is 4.59. The lowest BCUT2D eigenvalue weighted by Gasteiger charge is -2.37. The Morgan fingerprint density at radius 3 is 2.76 bits per heavy atom. The molecular weight excluding hydrogens is 288 g/mol. The van der Waals surface area contributed by atoms with Crippen molar-refractivity contribution in [3.63, 3.8) is 0 Å². The van der Waals surface area contributed by atoms with E-state index in [1.807, 2.05) is 37.4 Å². The molecule has 0 spiro atoms. The van der Waals surface area contributed by atoms with E-state index in [1.54, 1.807) is 11.8 Å². The topological polar surface area (TPSA) is 69.6 Å². The average Bonchev–Trinajstić information content (AvgIpc) is 2.47. The van der Waals surface area contributed by atoms with E-state index < -0.39 is 12.0 Å². The number of hydrogen-bond acceptors (Lipinski definition) is 3. The zero-order valence-corrected chi connectivity index (χ0v) is 13.0. The number of carboxylic acids is 1. The van der Waals surface area contributed by atoms with Crippen molar-refractivity contribution in [2.45, 2.75) is 30.7 Å². The molecule has 0 bridgehead atoms. The van der Waals surface area contributed by atoms with Crippen LogP contribution in [0.1, 0.15) is 19.8 Å². The van der Waals surface area contributed by atoms with Crippen molar-refractivity contribution in [1.29, 1.82) is 0 Å². The maximum absolute atomic E-state index is 12.4. The second-order valence-corrected chi connectivity index (χ2v) is 6.07. The lowest BCUT2D eigenvalue weighted by molar-refractivity contribution is -0.145. The molecule has 0 aromatic heterocycles. The first-order valence-electron chi connectivity index (χ1n) is 6.98. The fraction of sp³-hybridized carbons (Fsp3) is 0.467. The van der Waals surface area contributed by atoms with Crippen molar-refractivity contribution in [1.82, 2.24) is 4.90 Å². The highest BCUT2D eigenvalue weighted by molar-refractivity contribution is 7.98. The van der Waals surface area contributed by atoms with Gasteiger partial charge in [0, 0.05) is 11.4 Å². The second-order valence-electron chi connectivity index (χ2n) is 5.23. The van der Waals surface area contributed by atoms with Gasteiger partial charge in [-0.05, 0) is 37.1 Å². The Morgan fingerprint density at radius 2 is 2.10 bits per heavy atom. The first kappa shape index (κ1) is 15.7. The van der Waals surface area contributed by atoms with Crippen LogP contribution in [0.3, 0.4) is 0 Å². The van der Waals surface area contributed by atoms with Crippen molar-refractivity contribution in [3.05, 3.63) is 24.3 Å². The molecule has 1 saturated heterocycles. The number of aliphatic carboxylic acids is 1. The molecule has 114 valence electrons. The van der Waals surface area contributed by atoms with Crippen LogP contribution in [-0.4, -0.2) is 40.8 Å². The standard InChI is InChI=1S/C15H20N2O3S/c1-10-6-5-9-17(13(10)14(18)19)15(20)16-11-7-3-4-8-12(11)21-2/h3-4,7-8,10,13H,5-6,9H2,1-2H3,(H,16,20)(H,18,19). The van der Waals surface area contributed by atoms with Gasteiger partial charge in [0.05, 0.1) is 5.69 Å². The van der Waals surface area contributed by atoms with Crippen molar-refractivity contribution < 1.29 is 14.7 Å². The van der Waals surface area contributed by atoms with Crippen molar-refractivity contribution in [2.75, 3.05) is 18.1 Å². The average molecular weight is 308 g/mol. The van der Waals surface area contributed by atoms with Crippen LogP contribution in [-0.2, 0) is 4.79 Å². The molecule has 1 aliphatic heterocycles. The summed E-state index contributed by atoms with van der Waals surface area (Å²) in [6.45, 7) is 2.36. The van der Waals surface area contributed by atoms with E-state index in [0.717, 1.165) is 23.4 Å². The van der Waals surface area contributed by atoms with Crippen LogP contribution >= 0.6 is 11.8 Å². The fourth-order valence-electron chi connectivity index (χ4n) is 2.73. The molecule has 1 aromatic carbocycles. The van der Waals surface area contributed by atoms with Gasteiger partial charge in [-0.2, -0.15) is 0 Å². The number of anilines is 1. The highest BCUT2D eigenvalue weighted by Crippen LogP contribution is 2.27. The number of piperidine rings is 1. The van der Waals surface area contributed by atoms with E-state index in [-0.39, 0.29) is 11.9 Å². The van der Waals surface area contributed by atoms with Gasteiger partial charge in [0.25, 0.3) is 0 Å². The second kappa shape index (κ2) is 6.85. The van der Waals surface area contributed by atoms with Gasteiger partial charge in [0.2, 0.25) is 0 Å². The summed E-state index contributed by atoms with van der Waals surface area (Å²) in [5.41, 5.74) is 0.720. The van der Waals surface area contributed by atoms with Crippen LogP contribution in [0.4, 0.5) is 10.5 Å². The summed E-state index contributed by atoms with van der Waals surface area (Å²) in [5.74, 6) is -0.965. The predicted molar refractivity (Wildman–Crippen MR) is 83.8 cm³/mol. The minimum atomic E-state index is -0.935. The number of carbonyl (C=O) groups is 2. The van der Waals surface area contributed by atoms with Crippen LogP contribution in [0.15, 0.2) is 29.2 Å². The molecule has 0 aliphatic carbocycles. The van der Waals surface area contributed by atoms with Crippen molar-refractivity contribution in [3.8, 4) is 0 Å². The van der Waals surface area contributed by atoms with Gasteiger partial charge in [0.1, 0.15) is 6.04 Å². The number of nitrogens with zero attached hydrogens (tertiary/aromatic N) is 1. The number of urea groups is 1. The third-order valence-electron chi connectivity index (χ3n) is 3.80. The number of benzene rings is 1. The molecule has 1 aromatic rings. The Labute approximate surface area is 128 Å². The summed E-state index contributed by atoms with van der Waals surface area (Å²) in [6, 6.07) is 6.42. The molecule has 0 radical (unpaired) electrons. The van der Waals surface area contributed by atoms with Crippen molar-refractivity contribution in [2.24, 2.45) is 5.92 Å². The Kier molecular flexibility index (Phi) is 5.12. The Morgan fingerprint density at radius 1 is 1.38 bits per heavy atom. The molecule has 2 unspecified atom stereocenters. The smallest absolute Gasteiger partial charge is 0.326 e. The first-order valence-corrected chi connectivity index (χ1v) is 8.20. The highest BCUT2D eigenvalue weighted by Gasteiger charge is 2.37. The molecule has 6 heteroatoms. The number of likely N-dealkylation sites (tertiary alicyclic amines) is 1. The number of amides is 2. The SMILES string of the molecule is CSc1ccccc1NC(=O)N1CCCC(C)C1C(=O)O. The van der Waals surface area contributed by atoms with Gasteiger partial charge in [-0.3, -0.25) is 0 Å². The quantitative estimate of drug-likeness (QED) is 0.842. The van der Waals surface area contributed by atoms with E-state index in [2.05, 4.69) is 5.32 Å². The van der Waals surface area contributed by atoms with Gasteiger partial charge in [-0.1, -0.05) is 19.1 Å². The van der Waals surface area contributed by atoms with Gasteiger partial charge in [-0.25, -0.2) is 9.59 Å². The summed E-state index contributed by atoms with van der Waals surface area (Å²) < 4.78 is 0.